The van der Waals surface area contributed by atoms with Gasteiger partial charge in [-0.25, -0.2) is 5.48 Å². The van der Waals surface area contributed by atoms with Crippen LogP contribution in [0.2, 0.25) is 0 Å². The summed E-state index contributed by atoms with van der Waals surface area (Å²) in [5.74, 6) is 4.95. The normalized spacial score (nSPS) is 16.1. The Kier molecular flexibility index (Phi) is 8.76. The zero-order valence-electron chi connectivity index (χ0n) is 19.0. The van der Waals surface area contributed by atoms with Crippen molar-refractivity contribution in [2.45, 2.75) is 32.0 Å². The second-order valence-corrected chi connectivity index (χ2v) is 8.18. The van der Waals surface area contributed by atoms with Crippen LogP contribution in [0.15, 0.2) is 48.5 Å². The molecule has 0 saturated carbocycles. The highest BCUT2D eigenvalue weighted by Gasteiger charge is 2.22. The predicted octanol–water partition coefficient (Wildman–Crippen LogP) is 0.359. The van der Waals surface area contributed by atoms with Crippen LogP contribution in [-0.4, -0.2) is 59.5 Å². The Bertz CT molecular complexity index is 1070. The van der Waals surface area contributed by atoms with E-state index in [1.807, 2.05) is 12.1 Å². The van der Waals surface area contributed by atoms with Gasteiger partial charge < -0.3 is 16.4 Å². The number of nitrogens with two attached hydrogens (primary N) is 1. The van der Waals surface area contributed by atoms with Crippen LogP contribution in [0.3, 0.4) is 0 Å². The third-order valence-corrected chi connectivity index (χ3v) is 5.51. The Hall–Kier alpha value is -3.71. The fraction of sp³-hybridized carbons (Fsp3) is 0.320. The van der Waals surface area contributed by atoms with Crippen LogP contribution in [-0.2, 0) is 16.1 Å². The maximum Gasteiger partial charge on any atom is 0.267 e. The van der Waals surface area contributed by atoms with E-state index in [2.05, 4.69) is 39.5 Å². The summed E-state index contributed by atoms with van der Waals surface area (Å²) in [5, 5.41) is 14.1. The maximum atomic E-state index is 12.3. The first kappa shape index (κ1) is 24.9. The van der Waals surface area contributed by atoms with Crippen molar-refractivity contribution in [1.82, 2.24) is 21.0 Å². The second kappa shape index (κ2) is 12.0. The molecule has 0 radical (unpaired) electrons. The number of amides is 3. The predicted molar refractivity (Wildman–Crippen MR) is 127 cm³/mol. The fourth-order valence-corrected chi connectivity index (χ4v) is 3.73. The maximum absolute atomic E-state index is 12.3. The van der Waals surface area contributed by atoms with Gasteiger partial charge in [-0.2, -0.15) is 0 Å². The lowest BCUT2D eigenvalue weighted by Crippen LogP contribution is -2.50. The van der Waals surface area contributed by atoms with Crippen LogP contribution in [0.4, 0.5) is 0 Å². The molecular formula is C25H29N5O4. The van der Waals surface area contributed by atoms with Crippen molar-refractivity contribution in [3.63, 3.8) is 0 Å². The lowest BCUT2D eigenvalue weighted by molar-refractivity contribution is -0.130. The van der Waals surface area contributed by atoms with Gasteiger partial charge in [0.15, 0.2) is 0 Å². The molecule has 1 aliphatic rings. The summed E-state index contributed by atoms with van der Waals surface area (Å²) in [6.07, 6.45) is 0.967. The SMILES string of the molecule is CC(=O)N[C@H]1CCN(Cc2ccc(C#Cc3ccc(C(=O)N[C@@H](CN)C(=O)NO)cc3)cc2)C1. The molecule has 0 bridgehead atoms. The number of likely N-dealkylation sites (tertiary alicyclic amines) is 1. The number of hydrogen-bond acceptors (Lipinski definition) is 6. The van der Waals surface area contributed by atoms with E-state index in [0.29, 0.717) is 5.56 Å². The van der Waals surface area contributed by atoms with E-state index in [-0.39, 0.29) is 18.5 Å². The van der Waals surface area contributed by atoms with Gasteiger partial charge in [-0.15, -0.1) is 0 Å². The van der Waals surface area contributed by atoms with E-state index < -0.39 is 17.9 Å². The van der Waals surface area contributed by atoms with Gasteiger partial charge in [-0.3, -0.25) is 24.5 Å². The standard InChI is InChI=1S/C25H29N5O4/c1-17(31)27-22-12-13-30(16-22)15-20-6-4-18(5-7-20)2-3-19-8-10-21(11-9-19)24(32)28-23(14-26)25(33)29-34/h4-11,22-23,34H,12-16,26H2,1H3,(H,27,31)(H,28,32)(H,29,33)/t22-,23-/m0/s1. The minimum Gasteiger partial charge on any atom is -0.352 e. The molecule has 1 aliphatic heterocycles. The van der Waals surface area contributed by atoms with Crippen LogP contribution in [0.1, 0.15) is 40.4 Å². The first-order valence-electron chi connectivity index (χ1n) is 11.0. The third kappa shape index (κ3) is 7.15. The lowest BCUT2D eigenvalue weighted by Gasteiger charge is -2.16. The molecule has 178 valence electrons. The summed E-state index contributed by atoms with van der Waals surface area (Å²) < 4.78 is 0. The molecule has 3 amide bonds. The summed E-state index contributed by atoms with van der Waals surface area (Å²) in [4.78, 5) is 37.2. The number of carbonyl (C=O) groups is 3. The highest BCUT2D eigenvalue weighted by Crippen LogP contribution is 2.14. The van der Waals surface area contributed by atoms with Gasteiger partial charge in [0.05, 0.1) is 0 Å². The molecule has 9 nitrogen and oxygen atoms in total. The van der Waals surface area contributed by atoms with E-state index >= 15 is 0 Å². The topological polar surface area (TPSA) is 137 Å². The number of rotatable bonds is 7. The number of hydroxylamine groups is 1. The number of nitrogens with one attached hydrogen (secondary N) is 3. The summed E-state index contributed by atoms with van der Waals surface area (Å²) in [5.41, 5.74) is 10.1. The molecule has 2 atom stereocenters. The van der Waals surface area contributed by atoms with Gasteiger partial charge in [-0.1, -0.05) is 24.0 Å². The van der Waals surface area contributed by atoms with E-state index in [1.54, 1.807) is 31.2 Å². The first-order chi connectivity index (χ1) is 16.4. The number of benzene rings is 2. The molecular weight excluding hydrogens is 434 g/mol. The largest absolute Gasteiger partial charge is 0.352 e. The van der Waals surface area contributed by atoms with Crippen molar-refractivity contribution in [1.29, 1.82) is 0 Å². The molecule has 1 heterocycles. The number of carbonyl (C=O) groups excluding carboxylic acids is 3. The fourth-order valence-electron chi connectivity index (χ4n) is 3.73. The Morgan fingerprint density at radius 1 is 1.09 bits per heavy atom. The molecule has 1 saturated heterocycles. The average molecular weight is 464 g/mol. The third-order valence-electron chi connectivity index (χ3n) is 5.51. The summed E-state index contributed by atoms with van der Waals surface area (Å²) in [6, 6.07) is 13.9. The van der Waals surface area contributed by atoms with Crippen molar-refractivity contribution in [2.24, 2.45) is 5.73 Å². The smallest absolute Gasteiger partial charge is 0.267 e. The zero-order valence-corrected chi connectivity index (χ0v) is 19.0. The van der Waals surface area contributed by atoms with Crippen molar-refractivity contribution >= 4 is 17.7 Å². The van der Waals surface area contributed by atoms with Crippen LogP contribution in [0.5, 0.6) is 0 Å². The molecule has 0 unspecified atom stereocenters. The van der Waals surface area contributed by atoms with Crippen LogP contribution < -0.4 is 21.8 Å². The highest BCUT2D eigenvalue weighted by molar-refractivity contribution is 5.97. The second-order valence-electron chi connectivity index (χ2n) is 8.18. The Balaban J connectivity index is 1.54. The van der Waals surface area contributed by atoms with Gasteiger partial charge in [-0.05, 0) is 48.4 Å². The van der Waals surface area contributed by atoms with Crippen LogP contribution in [0.25, 0.3) is 0 Å². The van der Waals surface area contributed by atoms with E-state index in [4.69, 9.17) is 10.9 Å². The van der Waals surface area contributed by atoms with Crippen molar-refractivity contribution in [3.05, 3.63) is 70.8 Å². The molecule has 3 rings (SSSR count). The van der Waals surface area contributed by atoms with Crippen LogP contribution >= 0.6 is 0 Å². The molecule has 9 heteroatoms. The van der Waals surface area contributed by atoms with Gasteiger partial charge >= 0.3 is 0 Å². The van der Waals surface area contributed by atoms with Gasteiger partial charge in [0.2, 0.25) is 5.91 Å². The molecule has 0 aromatic heterocycles. The van der Waals surface area contributed by atoms with E-state index in [0.717, 1.165) is 37.2 Å². The molecule has 1 fully saturated rings. The summed E-state index contributed by atoms with van der Waals surface area (Å²) in [6.45, 7) is 4.06. The summed E-state index contributed by atoms with van der Waals surface area (Å²) >= 11 is 0. The van der Waals surface area contributed by atoms with Crippen molar-refractivity contribution in [2.75, 3.05) is 19.6 Å². The monoisotopic (exact) mass is 463 g/mol. The zero-order chi connectivity index (χ0) is 24.5. The Morgan fingerprint density at radius 3 is 2.26 bits per heavy atom. The molecule has 6 N–H and O–H groups in total. The number of hydrogen-bond donors (Lipinski definition) is 5. The Morgan fingerprint density at radius 2 is 1.71 bits per heavy atom. The molecule has 2 aromatic rings. The molecule has 0 aliphatic carbocycles. The molecule has 0 spiro atoms. The lowest BCUT2D eigenvalue weighted by atomic mass is 10.1. The van der Waals surface area contributed by atoms with Gasteiger partial charge in [0, 0.05) is 55.8 Å². The molecule has 2 aromatic carbocycles. The number of nitrogens with zero attached hydrogens (tertiary/aromatic N) is 1. The van der Waals surface area contributed by atoms with Gasteiger partial charge in [0.25, 0.3) is 11.8 Å². The minimum absolute atomic E-state index is 0.0139. The van der Waals surface area contributed by atoms with Crippen molar-refractivity contribution < 1.29 is 19.6 Å². The average Bonchev–Trinajstić information content (AvgIpc) is 3.27. The quantitative estimate of drug-likeness (QED) is 0.228. The Labute approximate surface area is 198 Å². The van der Waals surface area contributed by atoms with E-state index in [1.165, 1.54) is 11.0 Å². The summed E-state index contributed by atoms with van der Waals surface area (Å²) in [7, 11) is 0. The first-order valence-corrected chi connectivity index (χ1v) is 11.0. The van der Waals surface area contributed by atoms with E-state index in [9.17, 15) is 14.4 Å². The van der Waals surface area contributed by atoms with Crippen LogP contribution in [0, 0.1) is 11.8 Å². The van der Waals surface area contributed by atoms with Crippen molar-refractivity contribution in [3.8, 4) is 11.8 Å². The minimum atomic E-state index is -1.02. The highest BCUT2D eigenvalue weighted by atomic mass is 16.5. The molecule has 34 heavy (non-hydrogen) atoms. The van der Waals surface area contributed by atoms with Gasteiger partial charge in [0.1, 0.15) is 6.04 Å².